The van der Waals surface area contributed by atoms with Crippen LogP contribution < -0.4 is 5.73 Å². The Morgan fingerprint density at radius 2 is 2.33 bits per heavy atom. The number of benzene rings is 1. The number of rotatable bonds is 0. The van der Waals surface area contributed by atoms with Crippen molar-refractivity contribution in [3.63, 3.8) is 0 Å². The summed E-state index contributed by atoms with van der Waals surface area (Å²) in [5, 5.41) is 0. The second kappa shape index (κ2) is 3.40. The van der Waals surface area contributed by atoms with Crippen LogP contribution in [-0.2, 0) is 0 Å². The Morgan fingerprint density at radius 1 is 1.50 bits per heavy atom. The molecule has 64 valence electrons. The zero-order valence-corrected chi connectivity index (χ0v) is 8.99. The van der Waals surface area contributed by atoms with Gasteiger partial charge in [0.2, 0.25) is 0 Å². The molecule has 0 aliphatic carbocycles. The molecule has 12 heavy (non-hydrogen) atoms. The van der Waals surface area contributed by atoms with Gasteiger partial charge in [-0.15, -0.1) is 11.8 Å². The van der Waals surface area contributed by atoms with E-state index in [1.54, 1.807) is 0 Å². The van der Waals surface area contributed by atoms with E-state index in [9.17, 15) is 0 Å². The lowest BCUT2D eigenvalue weighted by Gasteiger charge is -2.22. The molecule has 0 fully saturated rings. The third kappa shape index (κ3) is 1.41. The molecular weight excluding hydrogens is 234 g/mol. The Bertz CT molecular complexity index is 301. The second-order valence-electron chi connectivity index (χ2n) is 2.90. The van der Waals surface area contributed by atoms with Crippen LogP contribution in [0.3, 0.4) is 0 Å². The summed E-state index contributed by atoms with van der Waals surface area (Å²) in [6.07, 6.45) is 1.08. The number of thioether (sulfide) groups is 1. The summed E-state index contributed by atoms with van der Waals surface area (Å²) in [4.78, 5) is 1.34. The molecule has 0 spiro atoms. The van der Waals surface area contributed by atoms with Gasteiger partial charge in [-0.1, -0.05) is 22.0 Å². The highest BCUT2D eigenvalue weighted by Gasteiger charge is 2.18. The van der Waals surface area contributed by atoms with E-state index < -0.39 is 0 Å². The maximum atomic E-state index is 6.00. The number of nitrogens with two attached hydrogens (primary N) is 1. The lowest BCUT2D eigenvalue weighted by molar-refractivity contribution is 0.677. The molecule has 1 aromatic carbocycles. The van der Waals surface area contributed by atoms with Crippen LogP contribution >= 0.6 is 27.7 Å². The predicted molar refractivity (Wildman–Crippen MR) is 56.4 cm³/mol. The maximum Gasteiger partial charge on any atom is 0.0325 e. The van der Waals surface area contributed by atoms with Gasteiger partial charge in [0, 0.05) is 15.4 Å². The van der Waals surface area contributed by atoms with E-state index in [1.807, 2.05) is 11.8 Å². The minimum Gasteiger partial charge on any atom is -0.324 e. The van der Waals surface area contributed by atoms with E-state index in [-0.39, 0.29) is 6.04 Å². The van der Waals surface area contributed by atoms with Crippen molar-refractivity contribution in [2.45, 2.75) is 17.4 Å². The fourth-order valence-electron chi connectivity index (χ4n) is 1.44. The summed E-state index contributed by atoms with van der Waals surface area (Å²) in [6.45, 7) is 0. The van der Waals surface area contributed by atoms with Crippen molar-refractivity contribution in [1.82, 2.24) is 0 Å². The van der Waals surface area contributed by atoms with Gasteiger partial charge < -0.3 is 5.73 Å². The third-order valence-electron chi connectivity index (χ3n) is 2.07. The van der Waals surface area contributed by atoms with Crippen LogP contribution in [0.1, 0.15) is 18.0 Å². The molecule has 1 aromatic rings. The van der Waals surface area contributed by atoms with E-state index in [0.29, 0.717) is 0 Å². The van der Waals surface area contributed by atoms with Crippen molar-refractivity contribution in [2.24, 2.45) is 5.73 Å². The SMILES string of the molecule is N[C@@H]1CCSc2cccc(Br)c21. The first-order valence-corrected chi connectivity index (χ1v) is 5.73. The highest BCUT2D eigenvalue weighted by Crippen LogP contribution is 2.38. The van der Waals surface area contributed by atoms with Crippen molar-refractivity contribution in [1.29, 1.82) is 0 Å². The van der Waals surface area contributed by atoms with Gasteiger partial charge in [0.1, 0.15) is 0 Å². The molecular formula is C9H10BrNS. The van der Waals surface area contributed by atoms with Crippen LogP contribution in [0, 0.1) is 0 Å². The van der Waals surface area contributed by atoms with Crippen LogP contribution in [-0.4, -0.2) is 5.75 Å². The van der Waals surface area contributed by atoms with Crippen LogP contribution in [0.5, 0.6) is 0 Å². The largest absolute Gasteiger partial charge is 0.324 e. The van der Waals surface area contributed by atoms with Crippen molar-refractivity contribution in [3.05, 3.63) is 28.2 Å². The standard InChI is InChI=1S/C9H10BrNS/c10-6-2-1-3-8-9(6)7(11)4-5-12-8/h1-3,7H,4-5,11H2/t7-/m1/s1. The lowest BCUT2D eigenvalue weighted by Crippen LogP contribution is -2.16. The van der Waals surface area contributed by atoms with Gasteiger partial charge in [-0.2, -0.15) is 0 Å². The minimum absolute atomic E-state index is 0.219. The highest BCUT2D eigenvalue weighted by molar-refractivity contribution is 9.10. The Balaban J connectivity index is 2.53. The Hall–Kier alpha value is 0.01000. The van der Waals surface area contributed by atoms with Gasteiger partial charge in [0.25, 0.3) is 0 Å². The molecule has 2 N–H and O–H groups in total. The molecule has 2 rings (SSSR count). The van der Waals surface area contributed by atoms with Crippen molar-refractivity contribution in [2.75, 3.05) is 5.75 Å². The molecule has 0 aromatic heterocycles. The van der Waals surface area contributed by atoms with Crippen molar-refractivity contribution < 1.29 is 0 Å². The topological polar surface area (TPSA) is 26.0 Å². The first kappa shape index (κ1) is 8.60. The Morgan fingerprint density at radius 3 is 3.08 bits per heavy atom. The Labute approximate surface area is 84.9 Å². The number of hydrogen-bond acceptors (Lipinski definition) is 2. The average molecular weight is 244 g/mol. The molecule has 1 heterocycles. The summed E-state index contributed by atoms with van der Waals surface area (Å²) in [7, 11) is 0. The molecule has 3 heteroatoms. The Kier molecular flexibility index (Phi) is 2.44. The molecule has 1 nitrogen and oxygen atoms in total. The van der Waals surface area contributed by atoms with Crippen LogP contribution in [0.4, 0.5) is 0 Å². The molecule has 0 radical (unpaired) electrons. The van der Waals surface area contributed by atoms with Crippen molar-refractivity contribution in [3.8, 4) is 0 Å². The molecule has 1 aliphatic heterocycles. The quantitative estimate of drug-likeness (QED) is 0.759. The monoisotopic (exact) mass is 243 g/mol. The summed E-state index contributed by atoms with van der Waals surface area (Å²) in [6, 6.07) is 6.49. The van der Waals surface area contributed by atoms with Crippen LogP contribution in [0.25, 0.3) is 0 Å². The molecule has 0 saturated heterocycles. The van der Waals surface area contributed by atoms with E-state index in [2.05, 4.69) is 34.1 Å². The smallest absolute Gasteiger partial charge is 0.0325 e. The summed E-state index contributed by atoms with van der Waals surface area (Å²) < 4.78 is 1.15. The summed E-state index contributed by atoms with van der Waals surface area (Å²) >= 11 is 5.43. The van der Waals surface area contributed by atoms with Crippen molar-refractivity contribution >= 4 is 27.7 Å². The van der Waals surface area contributed by atoms with E-state index in [4.69, 9.17) is 5.73 Å². The zero-order chi connectivity index (χ0) is 8.55. The van der Waals surface area contributed by atoms with Gasteiger partial charge in [-0.25, -0.2) is 0 Å². The fraction of sp³-hybridized carbons (Fsp3) is 0.333. The number of halogens is 1. The molecule has 1 atom stereocenters. The molecule has 1 aliphatic rings. The van der Waals surface area contributed by atoms with Gasteiger partial charge in [-0.05, 0) is 29.9 Å². The zero-order valence-electron chi connectivity index (χ0n) is 6.59. The molecule has 0 unspecified atom stereocenters. The normalized spacial score (nSPS) is 22.0. The second-order valence-corrected chi connectivity index (χ2v) is 4.89. The average Bonchev–Trinajstić information content (AvgIpc) is 2.04. The van der Waals surface area contributed by atoms with Crippen LogP contribution in [0.15, 0.2) is 27.6 Å². The first-order chi connectivity index (χ1) is 5.79. The molecule has 0 amide bonds. The van der Waals surface area contributed by atoms with E-state index in [1.165, 1.54) is 10.5 Å². The number of fused-ring (bicyclic) bond motifs is 1. The minimum atomic E-state index is 0.219. The third-order valence-corrected chi connectivity index (χ3v) is 3.87. The maximum absolute atomic E-state index is 6.00. The summed E-state index contributed by atoms with van der Waals surface area (Å²) in [5.41, 5.74) is 7.29. The first-order valence-electron chi connectivity index (χ1n) is 3.96. The van der Waals surface area contributed by atoms with E-state index in [0.717, 1.165) is 16.6 Å². The highest BCUT2D eigenvalue weighted by atomic mass is 79.9. The molecule has 0 saturated carbocycles. The van der Waals surface area contributed by atoms with Gasteiger partial charge in [0.15, 0.2) is 0 Å². The predicted octanol–water partition coefficient (Wildman–Crippen LogP) is 2.94. The van der Waals surface area contributed by atoms with Gasteiger partial charge >= 0.3 is 0 Å². The summed E-state index contributed by atoms with van der Waals surface area (Å²) in [5.74, 6) is 1.14. The lowest BCUT2D eigenvalue weighted by atomic mass is 10.1. The van der Waals surface area contributed by atoms with Gasteiger partial charge in [-0.3, -0.25) is 0 Å². The molecule has 0 bridgehead atoms. The van der Waals surface area contributed by atoms with Crippen LogP contribution in [0.2, 0.25) is 0 Å². The fourth-order valence-corrected chi connectivity index (χ4v) is 3.42. The van der Waals surface area contributed by atoms with Gasteiger partial charge in [0.05, 0.1) is 0 Å². The number of hydrogen-bond donors (Lipinski definition) is 1. The van der Waals surface area contributed by atoms with E-state index >= 15 is 0 Å².